The molecule has 2 aliphatic rings. The minimum absolute atomic E-state index is 0.148. The molecule has 0 saturated carbocycles. The minimum atomic E-state index is -0.148. The summed E-state index contributed by atoms with van der Waals surface area (Å²) in [5.74, 6) is 1.56. The van der Waals surface area contributed by atoms with Crippen LogP contribution in [0.5, 0.6) is 17.2 Å². The fourth-order valence-corrected chi connectivity index (χ4v) is 4.01. The maximum atomic E-state index is 12.9. The number of hydrogen-bond donors (Lipinski definition) is 2. The van der Waals surface area contributed by atoms with Crippen LogP contribution in [0.3, 0.4) is 0 Å². The highest BCUT2D eigenvalue weighted by Gasteiger charge is 2.32. The van der Waals surface area contributed by atoms with Crippen LogP contribution in [-0.4, -0.2) is 31.1 Å². The summed E-state index contributed by atoms with van der Waals surface area (Å²) in [6.45, 7) is 2.85. The van der Waals surface area contributed by atoms with Gasteiger partial charge in [-0.25, -0.2) is 0 Å². The van der Waals surface area contributed by atoms with Crippen molar-refractivity contribution in [2.24, 2.45) is 0 Å². The predicted molar refractivity (Wildman–Crippen MR) is 107 cm³/mol. The third kappa shape index (κ3) is 3.76. The second kappa shape index (κ2) is 8.07. The van der Waals surface area contributed by atoms with E-state index in [0.29, 0.717) is 17.9 Å². The molecule has 2 N–H and O–H groups in total. The Labute approximate surface area is 165 Å². The maximum Gasteiger partial charge on any atom is 0.231 e. The predicted octanol–water partition coefficient (Wildman–Crippen LogP) is 2.98. The molecule has 0 bridgehead atoms. The van der Waals surface area contributed by atoms with E-state index in [1.807, 2.05) is 24.3 Å². The molecular formula is C23H26NO4+. The molecule has 0 aliphatic carbocycles. The van der Waals surface area contributed by atoms with Crippen molar-refractivity contribution >= 4 is 11.9 Å². The SMILES string of the molecule is COc1cccc(/C=C2\Oc3c(ccc(O)c3C[NH+]3CCCCCC3)C2=O)c1. The Morgan fingerprint density at radius 1 is 1.14 bits per heavy atom. The van der Waals surface area contributed by atoms with Crippen LogP contribution in [0.2, 0.25) is 0 Å². The molecule has 2 aromatic rings. The Hall–Kier alpha value is -2.79. The summed E-state index contributed by atoms with van der Waals surface area (Å²) in [6, 6.07) is 10.7. The van der Waals surface area contributed by atoms with Crippen LogP contribution in [0, 0.1) is 0 Å². The van der Waals surface area contributed by atoms with Crippen LogP contribution >= 0.6 is 0 Å². The van der Waals surface area contributed by atoms with E-state index in [9.17, 15) is 9.90 Å². The van der Waals surface area contributed by atoms with Crippen molar-refractivity contribution in [1.29, 1.82) is 0 Å². The number of allylic oxidation sites excluding steroid dienone is 1. The lowest BCUT2D eigenvalue weighted by atomic mass is 10.0. The van der Waals surface area contributed by atoms with Crippen LogP contribution in [0.4, 0.5) is 0 Å². The third-order valence-electron chi connectivity index (χ3n) is 5.55. The molecule has 28 heavy (non-hydrogen) atoms. The number of Topliss-reactive ketones (excluding diaryl/α,β-unsaturated/α-hetero) is 1. The number of phenolic OH excluding ortho intramolecular Hbond substituents is 1. The molecule has 2 aromatic carbocycles. The van der Waals surface area contributed by atoms with E-state index in [1.54, 1.807) is 25.3 Å². The Bertz CT molecular complexity index is 911. The van der Waals surface area contributed by atoms with Gasteiger partial charge in [0.1, 0.15) is 18.0 Å². The van der Waals surface area contributed by atoms with Gasteiger partial charge in [0.2, 0.25) is 5.78 Å². The number of benzene rings is 2. The summed E-state index contributed by atoms with van der Waals surface area (Å²) in [6.07, 6.45) is 6.66. The van der Waals surface area contributed by atoms with Gasteiger partial charge in [-0.15, -0.1) is 0 Å². The van der Waals surface area contributed by atoms with Crippen molar-refractivity contribution in [3.05, 3.63) is 58.8 Å². The summed E-state index contributed by atoms with van der Waals surface area (Å²) in [5.41, 5.74) is 2.09. The van der Waals surface area contributed by atoms with Gasteiger partial charge in [0.25, 0.3) is 0 Å². The van der Waals surface area contributed by atoms with Crippen molar-refractivity contribution in [3.63, 3.8) is 0 Å². The first-order valence-electron chi connectivity index (χ1n) is 9.92. The lowest BCUT2D eigenvalue weighted by Crippen LogP contribution is -3.10. The number of ether oxygens (including phenoxy) is 2. The lowest BCUT2D eigenvalue weighted by molar-refractivity contribution is -0.913. The zero-order valence-electron chi connectivity index (χ0n) is 16.2. The number of hydrogen-bond acceptors (Lipinski definition) is 4. The maximum absolute atomic E-state index is 12.9. The zero-order chi connectivity index (χ0) is 19.5. The highest BCUT2D eigenvalue weighted by atomic mass is 16.5. The van der Waals surface area contributed by atoms with Crippen molar-refractivity contribution in [2.45, 2.75) is 32.2 Å². The molecule has 2 heterocycles. The molecule has 5 nitrogen and oxygen atoms in total. The number of ketones is 1. The van der Waals surface area contributed by atoms with Gasteiger partial charge >= 0.3 is 0 Å². The number of quaternary nitrogens is 1. The monoisotopic (exact) mass is 380 g/mol. The van der Waals surface area contributed by atoms with E-state index in [0.717, 1.165) is 30.0 Å². The van der Waals surface area contributed by atoms with Crippen LogP contribution < -0.4 is 14.4 Å². The number of carbonyl (C=O) groups excluding carboxylic acids is 1. The number of methoxy groups -OCH3 is 1. The standard InChI is InChI=1S/C23H25NO4/c1-27-17-8-6-7-16(13-17)14-21-22(26)18-9-10-20(25)19(23(18)28-21)15-24-11-4-2-3-5-12-24/h6-10,13-14,25H,2-5,11-12,15H2,1H3/p+1/b21-14-. The second-order valence-corrected chi connectivity index (χ2v) is 7.50. The molecular weight excluding hydrogens is 354 g/mol. The van der Waals surface area contributed by atoms with Gasteiger partial charge in [0.15, 0.2) is 11.5 Å². The molecule has 4 rings (SSSR count). The Morgan fingerprint density at radius 2 is 1.93 bits per heavy atom. The van der Waals surface area contributed by atoms with E-state index in [-0.39, 0.29) is 17.3 Å². The minimum Gasteiger partial charge on any atom is -0.507 e. The van der Waals surface area contributed by atoms with E-state index in [2.05, 4.69) is 0 Å². The highest BCUT2D eigenvalue weighted by Crippen LogP contribution is 2.39. The summed E-state index contributed by atoms with van der Waals surface area (Å²) in [4.78, 5) is 14.3. The third-order valence-corrected chi connectivity index (χ3v) is 5.55. The summed E-state index contributed by atoms with van der Waals surface area (Å²) >= 11 is 0. The van der Waals surface area contributed by atoms with E-state index in [1.165, 1.54) is 30.6 Å². The molecule has 2 aliphatic heterocycles. The van der Waals surface area contributed by atoms with Gasteiger partial charge < -0.3 is 19.5 Å². The van der Waals surface area contributed by atoms with Gasteiger partial charge in [-0.3, -0.25) is 4.79 Å². The van der Waals surface area contributed by atoms with Crippen molar-refractivity contribution in [3.8, 4) is 17.2 Å². The first-order valence-corrected chi connectivity index (χ1v) is 9.92. The first-order chi connectivity index (χ1) is 13.7. The quantitative estimate of drug-likeness (QED) is 0.801. The molecule has 0 aromatic heterocycles. The summed E-state index contributed by atoms with van der Waals surface area (Å²) < 4.78 is 11.2. The number of rotatable bonds is 4. The van der Waals surface area contributed by atoms with E-state index < -0.39 is 0 Å². The first kappa shape index (κ1) is 18.6. The van der Waals surface area contributed by atoms with Crippen LogP contribution in [-0.2, 0) is 6.54 Å². The molecule has 0 amide bonds. The number of aromatic hydroxyl groups is 1. The molecule has 146 valence electrons. The van der Waals surface area contributed by atoms with E-state index >= 15 is 0 Å². The topological polar surface area (TPSA) is 60.2 Å². The van der Waals surface area contributed by atoms with Crippen molar-refractivity contribution in [2.75, 3.05) is 20.2 Å². The second-order valence-electron chi connectivity index (χ2n) is 7.50. The van der Waals surface area contributed by atoms with Gasteiger partial charge in [-0.2, -0.15) is 0 Å². The fraction of sp³-hybridized carbons (Fsp3) is 0.348. The Morgan fingerprint density at radius 3 is 2.68 bits per heavy atom. The Kier molecular flexibility index (Phi) is 5.35. The molecule has 0 radical (unpaired) electrons. The van der Waals surface area contributed by atoms with E-state index in [4.69, 9.17) is 9.47 Å². The number of nitrogens with one attached hydrogen (secondary N) is 1. The molecule has 0 atom stereocenters. The van der Waals surface area contributed by atoms with Gasteiger partial charge in [0, 0.05) is 0 Å². The van der Waals surface area contributed by atoms with Crippen LogP contribution in [0.1, 0.15) is 47.2 Å². The number of carbonyl (C=O) groups is 1. The molecule has 1 fully saturated rings. The molecule has 5 heteroatoms. The number of likely N-dealkylation sites (tertiary alicyclic amines) is 1. The average molecular weight is 380 g/mol. The summed E-state index contributed by atoms with van der Waals surface area (Å²) in [7, 11) is 1.61. The van der Waals surface area contributed by atoms with Crippen LogP contribution in [0.25, 0.3) is 6.08 Å². The lowest BCUT2D eigenvalue weighted by Gasteiger charge is -2.19. The van der Waals surface area contributed by atoms with Crippen molar-refractivity contribution in [1.82, 2.24) is 0 Å². The zero-order valence-corrected chi connectivity index (χ0v) is 16.2. The number of phenols is 1. The summed E-state index contributed by atoms with van der Waals surface area (Å²) in [5, 5.41) is 10.5. The normalized spacial score (nSPS) is 18.6. The van der Waals surface area contributed by atoms with Crippen molar-refractivity contribution < 1.29 is 24.3 Å². The average Bonchev–Trinajstić information content (AvgIpc) is 2.88. The van der Waals surface area contributed by atoms with Crippen LogP contribution in [0.15, 0.2) is 42.2 Å². The van der Waals surface area contributed by atoms with Gasteiger partial charge in [-0.1, -0.05) is 12.1 Å². The largest absolute Gasteiger partial charge is 0.507 e. The molecule has 0 unspecified atom stereocenters. The number of fused-ring (bicyclic) bond motifs is 1. The molecule has 1 saturated heterocycles. The smallest absolute Gasteiger partial charge is 0.231 e. The Balaban J connectivity index is 1.63. The molecule has 0 spiro atoms. The highest BCUT2D eigenvalue weighted by molar-refractivity contribution is 6.15. The van der Waals surface area contributed by atoms with Gasteiger partial charge in [0.05, 0.1) is 31.3 Å². The fourth-order valence-electron chi connectivity index (χ4n) is 4.01. The van der Waals surface area contributed by atoms with Gasteiger partial charge in [-0.05, 0) is 61.6 Å².